The van der Waals surface area contributed by atoms with Gasteiger partial charge in [0, 0.05) is 17.1 Å². The second-order valence-corrected chi connectivity index (χ2v) is 7.58. The third-order valence-corrected chi connectivity index (χ3v) is 5.45. The van der Waals surface area contributed by atoms with Gasteiger partial charge in [0.05, 0.1) is 5.56 Å². The van der Waals surface area contributed by atoms with Gasteiger partial charge in [-0.3, -0.25) is 14.9 Å². The maximum Gasteiger partial charge on any atom is 0.298 e. The number of aryl methyl sites for hydroxylation is 1. The van der Waals surface area contributed by atoms with Gasteiger partial charge in [0.15, 0.2) is 5.01 Å². The maximum atomic E-state index is 12.5. The molecule has 0 saturated heterocycles. The highest BCUT2D eigenvalue weighted by atomic mass is 32.1. The molecule has 0 aliphatic rings. The van der Waals surface area contributed by atoms with Crippen molar-refractivity contribution in [2.75, 3.05) is 5.32 Å². The van der Waals surface area contributed by atoms with E-state index in [4.69, 9.17) is 4.74 Å². The Kier molecular flexibility index (Phi) is 5.09. The van der Waals surface area contributed by atoms with Crippen LogP contribution in [0.2, 0.25) is 0 Å². The number of nitrogens with zero attached hydrogens (tertiary/aromatic N) is 2. The molecular weight excluding hydrogens is 388 g/mol. The summed E-state index contributed by atoms with van der Waals surface area (Å²) in [6.45, 7) is 4.24. The first-order chi connectivity index (χ1) is 14.0. The Balaban J connectivity index is 1.41. The van der Waals surface area contributed by atoms with Gasteiger partial charge >= 0.3 is 0 Å². The number of para-hydroxylation sites is 1. The molecule has 0 atom stereocenters. The van der Waals surface area contributed by atoms with Crippen LogP contribution in [0.4, 0.5) is 5.13 Å². The topological polar surface area (TPSA) is 97.0 Å². The van der Waals surface area contributed by atoms with Gasteiger partial charge in [-0.05, 0) is 37.1 Å². The molecule has 2 aromatic heterocycles. The predicted molar refractivity (Wildman–Crippen MR) is 111 cm³/mol. The zero-order chi connectivity index (χ0) is 20.4. The largest absolute Gasteiger partial charge is 0.486 e. The Bertz CT molecular complexity index is 1210. The summed E-state index contributed by atoms with van der Waals surface area (Å²) < 4.78 is 5.80. The fourth-order valence-electron chi connectivity index (χ4n) is 2.92. The fourth-order valence-corrected chi connectivity index (χ4v) is 3.57. The van der Waals surface area contributed by atoms with Crippen molar-refractivity contribution in [3.8, 4) is 5.75 Å². The minimum absolute atomic E-state index is 0.230. The molecule has 1 amide bonds. The van der Waals surface area contributed by atoms with Gasteiger partial charge in [-0.25, -0.2) is 0 Å². The van der Waals surface area contributed by atoms with Crippen molar-refractivity contribution in [2.45, 2.75) is 20.5 Å². The molecule has 146 valence electrons. The van der Waals surface area contributed by atoms with Crippen LogP contribution in [-0.4, -0.2) is 26.9 Å². The van der Waals surface area contributed by atoms with Crippen molar-refractivity contribution >= 4 is 39.1 Å². The monoisotopic (exact) mass is 406 g/mol. The molecule has 0 bridgehead atoms. The Morgan fingerprint density at radius 1 is 1.10 bits per heavy atom. The van der Waals surface area contributed by atoms with Crippen molar-refractivity contribution in [3.05, 3.63) is 70.4 Å². The second-order valence-electron chi connectivity index (χ2n) is 6.52. The van der Waals surface area contributed by atoms with Crippen molar-refractivity contribution in [2.24, 2.45) is 0 Å². The van der Waals surface area contributed by atoms with E-state index in [1.807, 2.05) is 50.2 Å². The molecule has 2 heterocycles. The molecule has 0 unspecified atom stereocenters. The Morgan fingerprint density at radius 3 is 2.79 bits per heavy atom. The first kappa shape index (κ1) is 18.8. The average Bonchev–Trinajstić information content (AvgIpc) is 3.35. The quantitative estimate of drug-likeness (QED) is 0.372. The average molecular weight is 406 g/mol. The van der Waals surface area contributed by atoms with Gasteiger partial charge in [0.2, 0.25) is 5.13 Å². The van der Waals surface area contributed by atoms with Gasteiger partial charge in [0.1, 0.15) is 12.4 Å². The zero-order valence-electron chi connectivity index (χ0n) is 15.9. The highest BCUT2D eigenvalue weighted by Crippen LogP contribution is 2.24. The molecule has 7 nitrogen and oxygen atoms in total. The first-order valence-electron chi connectivity index (χ1n) is 8.96. The number of ether oxygens (including phenoxy) is 1. The number of Topliss-reactive ketones (excluding diaryl/α,β-unsaturated/α-hetero) is 1. The number of carbonyl (C=O) groups excluding carboxylic acids is 2. The van der Waals surface area contributed by atoms with Crippen molar-refractivity contribution in [3.63, 3.8) is 0 Å². The molecule has 2 N–H and O–H groups in total. The SMILES string of the molecule is Cc1cccc(OCc2nnc(NC(=O)C(=O)c3c[nH]c4ccccc34)s2)c1C. The van der Waals surface area contributed by atoms with Crippen LogP contribution in [0.3, 0.4) is 0 Å². The van der Waals surface area contributed by atoms with Gasteiger partial charge in [-0.2, -0.15) is 0 Å². The molecule has 0 radical (unpaired) electrons. The van der Waals surface area contributed by atoms with E-state index in [0.717, 1.165) is 22.4 Å². The summed E-state index contributed by atoms with van der Waals surface area (Å²) in [5.74, 6) is -0.612. The number of aromatic amines is 1. The fraction of sp³-hybridized carbons (Fsp3) is 0.143. The summed E-state index contributed by atoms with van der Waals surface area (Å²) in [5.41, 5.74) is 3.32. The van der Waals surface area contributed by atoms with E-state index < -0.39 is 11.7 Å². The lowest BCUT2D eigenvalue weighted by Crippen LogP contribution is -2.22. The maximum absolute atomic E-state index is 12.5. The van der Waals surface area contributed by atoms with E-state index in [1.54, 1.807) is 6.07 Å². The molecule has 0 aliphatic carbocycles. The minimum atomic E-state index is -0.757. The lowest BCUT2D eigenvalue weighted by atomic mass is 10.1. The van der Waals surface area contributed by atoms with Crippen LogP contribution in [0.25, 0.3) is 10.9 Å². The van der Waals surface area contributed by atoms with Crippen LogP contribution >= 0.6 is 11.3 Å². The molecule has 0 fully saturated rings. The molecule has 2 aromatic carbocycles. The number of benzene rings is 2. The number of aromatic nitrogens is 3. The van der Waals surface area contributed by atoms with Gasteiger partial charge in [-0.15, -0.1) is 10.2 Å². The predicted octanol–water partition coefficient (Wildman–Crippen LogP) is 4.04. The second kappa shape index (κ2) is 7.84. The third-order valence-electron chi connectivity index (χ3n) is 4.63. The van der Waals surface area contributed by atoms with Crippen LogP contribution in [0.5, 0.6) is 5.75 Å². The molecule has 4 rings (SSSR count). The summed E-state index contributed by atoms with van der Waals surface area (Å²) in [4.78, 5) is 27.9. The zero-order valence-corrected chi connectivity index (χ0v) is 16.7. The molecule has 0 saturated carbocycles. The molecule has 0 spiro atoms. The number of hydrogen-bond acceptors (Lipinski definition) is 6. The van der Waals surface area contributed by atoms with E-state index in [1.165, 1.54) is 17.5 Å². The summed E-state index contributed by atoms with van der Waals surface area (Å²) in [6.07, 6.45) is 1.54. The highest BCUT2D eigenvalue weighted by Gasteiger charge is 2.21. The molecule has 8 heteroatoms. The molecular formula is C21H18N4O3S. The first-order valence-corrected chi connectivity index (χ1v) is 9.78. The minimum Gasteiger partial charge on any atom is -0.486 e. The summed E-state index contributed by atoms with van der Waals surface area (Å²) in [5, 5.41) is 12.0. The molecule has 29 heavy (non-hydrogen) atoms. The van der Waals surface area contributed by atoms with Crippen LogP contribution in [0.1, 0.15) is 26.5 Å². The summed E-state index contributed by atoms with van der Waals surface area (Å²) >= 11 is 1.17. The van der Waals surface area contributed by atoms with Crippen LogP contribution in [-0.2, 0) is 11.4 Å². The van der Waals surface area contributed by atoms with E-state index in [0.29, 0.717) is 16.0 Å². The number of rotatable bonds is 6. The summed E-state index contributed by atoms with van der Waals surface area (Å²) in [7, 11) is 0. The number of carbonyl (C=O) groups is 2. The lowest BCUT2D eigenvalue weighted by Gasteiger charge is -2.08. The van der Waals surface area contributed by atoms with E-state index >= 15 is 0 Å². The number of amides is 1. The standard InChI is InChI=1S/C21H18N4O3S/c1-12-6-5-9-17(13(12)2)28-11-18-24-25-21(29-18)23-20(27)19(26)15-10-22-16-8-4-3-7-14(15)16/h3-10,22H,11H2,1-2H3,(H,23,25,27). The molecule has 4 aromatic rings. The van der Waals surface area contributed by atoms with Gasteiger partial charge in [0.25, 0.3) is 11.7 Å². The van der Waals surface area contributed by atoms with Crippen LogP contribution in [0, 0.1) is 13.8 Å². The number of nitrogens with one attached hydrogen (secondary N) is 2. The van der Waals surface area contributed by atoms with Gasteiger partial charge < -0.3 is 9.72 Å². The number of fused-ring (bicyclic) bond motifs is 1. The van der Waals surface area contributed by atoms with Crippen LogP contribution in [0.15, 0.2) is 48.7 Å². The summed E-state index contributed by atoms with van der Waals surface area (Å²) in [6, 6.07) is 13.2. The molecule has 0 aliphatic heterocycles. The lowest BCUT2D eigenvalue weighted by molar-refractivity contribution is -0.112. The normalized spacial score (nSPS) is 10.8. The number of hydrogen-bond donors (Lipinski definition) is 2. The highest BCUT2D eigenvalue weighted by molar-refractivity contribution is 7.15. The van der Waals surface area contributed by atoms with E-state index in [2.05, 4.69) is 20.5 Å². The third kappa shape index (κ3) is 3.88. The van der Waals surface area contributed by atoms with Crippen LogP contribution < -0.4 is 10.1 Å². The number of H-pyrrole nitrogens is 1. The van der Waals surface area contributed by atoms with Crippen molar-refractivity contribution in [1.82, 2.24) is 15.2 Å². The Hall–Kier alpha value is -3.52. The van der Waals surface area contributed by atoms with Crippen molar-refractivity contribution < 1.29 is 14.3 Å². The van der Waals surface area contributed by atoms with E-state index in [-0.39, 0.29) is 11.7 Å². The number of anilines is 1. The Morgan fingerprint density at radius 2 is 1.93 bits per heavy atom. The smallest absolute Gasteiger partial charge is 0.298 e. The van der Waals surface area contributed by atoms with E-state index in [9.17, 15) is 9.59 Å². The van der Waals surface area contributed by atoms with Gasteiger partial charge in [-0.1, -0.05) is 41.7 Å². The van der Waals surface area contributed by atoms with Crippen molar-refractivity contribution in [1.29, 1.82) is 0 Å². The Labute approximate surface area is 170 Å². The number of ketones is 1.